The summed E-state index contributed by atoms with van der Waals surface area (Å²) in [5.41, 5.74) is 37.6. The number of aromatic nitrogens is 2. The molecule has 0 amide bonds. The number of anilines is 5. The van der Waals surface area contributed by atoms with Crippen molar-refractivity contribution in [3.05, 3.63) is 395 Å². The zero-order chi connectivity index (χ0) is 89.1. The molecule has 3 unspecified atom stereocenters. The fourth-order valence-electron chi connectivity index (χ4n) is 21.6. The molecular weight excluding hydrogens is 1570 g/mol. The maximum Gasteiger partial charge on any atom is 0.252 e. The lowest BCUT2D eigenvalue weighted by Crippen LogP contribution is -2.63. The Bertz CT molecular complexity index is 7380. The van der Waals surface area contributed by atoms with Crippen LogP contribution in [-0.2, 0) is 16.2 Å². The SMILES string of the molecule is CC(C)(C)C1=CC=C(C2=CC(C3C=CC=C(c4cccc(-c5ccc(C(C)(C)C)cc5)c4)C3N3c4cc(-n5c6ccccc6c6cc(F)ccc65)ccc4B4c5ccc(-n6c7ccccc7c7cc(F)ccc76)cc5N(c5c(-c6cccc(C7=CCC(C(C)(C)C)C=C7)c6)cccc5-c5cccc(-c6ccc(C(C)(C)C)cc6)c5)c5cc(C(C)(C)C)cc3c54)=CCC2)CC1. The first-order valence-electron chi connectivity index (χ1n) is 46.6. The van der Waals surface area contributed by atoms with Crippen LogP contribution in [0.25, 0.3) is 111 Å². The lowest BCUT2D eigenvalue weighted by Gasteiger charge is -2.50. The lowest BCUT2D eigenvalue weighted by molar-refractivity contribution is 0.294. The highest BCUT2D eigenvalue weighted by Crippen LogP contribution is 2.55. The van der Waals surface area contributed by atoms with Gasteiger partial charge in [0.05, 0.1) is 33.8 Å². The Hall–Kier alpha value is -13.1. The predicted molar refractivity (Wildman–Crippen MR) is 547 cm³/mol. The van der Waals surface area contributed by atoms with E-state index in [0.717, 1.165) is 165 Å². The minimum absolute atomic E-state index is 0.0148. The highest BCUT2D eigenvalue weighted by molar-refractivity contribution is 7.00. The quantitative estimate of drug-likeness (QED) is 0.113. The van der Waals surface area contributed by atoms with Gasteiger partial charge in [-0.3, -0.25) is 0 Å². The van der Waals surface area contributed by atoms with E-state index in [1.165, 1.54) is 72.2 Å². The second kappa shape index (κ2) is 31.4. The van der Waals surface area contributed by atoms with E-state index in [-0.39, 0.29) is 52.0 Å². The zero-order valence-corrected chi connectivity index (χ0v) is 77.1. The highest BCUT2D eigenvalue weighted by Gasteiger charge is 2.49. The molecule has 13 aromatic carbocycles. The van der Waals surface area contributed by atoms with Gasteiger partial charge in [-0.2, -0.15) is 0 Å². The number of halogens is 2. The lowest BCUT2D eigenvalue weighted by atomic mass is 9.33. The molecule has 0 N–H and O–H groups in total. The maximum absolute atomic E-state index is 16.1. The summed E-state index contributed by atoms with van der Waals surface area (Å²) >= 11 is 0. The third-order valence-corrected chi connectivity index (χ3v) is 28.8. The van der Waals surface area contributed by atoms with Crippen LogP contribution in [0.5, 0.6) is 0 Å². The van der Waals surface area contributed by atoms with E-state index < -0.39 is 5.41 Å². The molecule has 0 spiro atoms. The number of fused-ring (bicyclic) bond motifs is 10. The van der Waals surface area contributed by atoms with E-state index in [0.29, 0.717) is 5.92 Å². The molecule has 3 atom stereocenters. The largest absolute Gasteiger partial charge is 0.334 e. The molecule has 4 aliphatic carbocycles. The van der Waals surface area contributed by atoms with E-state index in [1.54, 1.807) is 24.3 Å². The molecule has 0 saturated carbocycles. The summed E-state index contributed by atoms with van der Waals surface area (Å²) in [6.07, 6.45) is 29.5. The smallest absolute Gasteiger partial charge is 0.252 e. The van der Waals surface area contributed by atoms with Crippen LogP contribution in [0.4, 0.5) is 37.2 Å². The second-order valence-corrected chi connectivity index (χ2v) is 42.2. The Morgan fingerprint density at radius 3 is 1.44 bits per heavy atom. The molecule has 0 saturated heterocycles. The van der Waals surface area contributed by atoms with Gasteiger partial charge in [0, 0.05) is 72.7 Å². The van der Waals surface area contributed by atoms with Crippen molar-refractivity contribution in [1.29, 1.82) is 0 Å². The first-order valence-corrected chi connectivity index (χ1v) is 46.6. The van der Waals surface area contributed by atoms with Crippen molar-refractivity contribution in [3.63, 3.8) is 0 Å². The van der Waals surface area contributed by atoms with Crippen LogP contribution in [0.15, 0.2) is 356 Å². The molecule has 15 aromatic rings. The average molecular weight is 1680 g/mol. The van der Waals surface area contributed by atoms with Gasteiger partial charge in [0.25, 0.3) is 6.71 Å². The second-order valence-electron chi connectivity index (χ2n) is 42.2. The summed E-state index contributed by atoms with van der Waals surface area (Å²) in [6, 6.07) is 100. The minimum atomic E-state index is -0.431. The Labute approximate surface area is 761 Å². The molecular formula is C122H113BF2N4. The number of rotatable bonds is 12. The molecule has 2 aliphatic heterocycles. The minimum Gasteiger partial charge on any atom is -0.334 e. The van der Waals surface area contributed by atoms with E-state index in [4.69, 9.17) is 0 Å². The van der Waals surface area contributed by atoms with Crippen LogP contribution in [-0.4, -0.2) is 21.9 Å². The van der Waals surface area contributed by atoms with Crippen LogP contribution in [0.1, 0.15) is 164 Å². The third kappa shape index (κ3) is 14.8. The Morgan fingerprint density at radius 1 is 0.372 bits per heavy atom. The summed E-state index contributed by atoms with van der Waals surface area (Å²) in [4.78, 5) is 5.54. The van der Waals surface area contributed by atoms with E-state index in [9.17, 15) is 0 Å². The molecule has 2 aromatic heterocycles. The summed E-state index contributed by atoms with van der Waals surface area (Å²) in [5, 5.41) is 3.68. The number of hydrogen-bond acceptors (Lipinski definition) is 2. The fraction of sp³-hybridized carbons (Fsp3) is 0.230. The number of benzene rings is 13. The summed E-state index contributed by atoms with van der Waals surface area (Å²) in [6.45, 7) is 34.7. The number of allylic oxidation sites excluding steroid dienone is 13. The molecule has 129 heavy (non-hydrogen) atoms. The fourth-order valence-corrected chi connectivity index (χ4v) is 21.6. The monoisotopic (exact) mass is 1680 g/mol. The molecule has 0 radical (unpaired) electrons. The third-order valence-electron chi connectivity index (χ3n) is 28.8. The molecule has 4 nitrogen and oxygen atoms in total. The van der Waals surface area contributed by atoms with Gasteiger partial charge in [0.1, 0.15) is 11.6 Å². The average Bonchev–Trinajstić information content (AvgIpc) is 1.29. The Morgan fingerprint density at radius 2 is 0.891 bits per heavy atom. The van der Waals surface area contributed by atoms with Crippen LogP contribution in [0, 0.1) is 34.3 Å². The molecule has 21 rings (SSSR count). The molecule has 7 heteroatoms. The molecule has 638 valence electrons. The van der Waals surface area contributed by atoms with Crippen molar-refractivity contribution < 1.29 is 8.78 Å². The highest BCUT2D eigenvalue weighted by atomic mass is 19.1. The number of nitrogens with zero attached hydrogens (tertiary/aromatic N) is 4. The molecule has 0 bridgehead atoms. The first kappa shape index (κ1) is 82.9. The van der Waals surface area contributed by atoms with Crippen molar-refractivity contribution in [2.45, 2.75) is 158 Å². The standard InChI is InChI=1S/C122H113BF2N4/c1-118(2,3)88-50-42-76(43-51-88)80-26-20-30-84(66-80)97-36-24-37-98(85-31-21-27-81(67-85)77-44-52-89(53-45-77)119(4,5)6)116(97)128-111-74-95(126-107-40-18-16-34-101(107)103-72-93(124)58-64-109(103)126)60-62-105(111)123-106-63-61-96(127-108-41-19-17-35-102(108)104-73-94(125)59-65-110(104)127)75-112(106)129(114-71-92(122(13,14)15)70-113(128)115(114)123)117-99(86-32-22-28-82(68-86)78-46-54-90(55-47-78)120(7,8)9)38-25-39-100(117)87-33-23-29-83(69-87)79-48-56-91(57-49-79)121(10,11)12/h16-22,24-28,30-48,50-52,54-56,58-75,89,100,117H,23,29,49,53,57H2,1-15H3. The van der Waals surface area contributed by atoms with Crippen molar-refractivity contribution in [2.75, 3.05) is 9.80 Å². The summed E-state index contributed by atoms with van der Waals surface area (Å²) in [7, 11) is 0. The van der Waals surface area contributed by atoms with Gasteiger partial charge in [0.2, 0.25) is 0 Å². The van der Waals surface area contributed by atoms with Gasteiger partial charge in [-0.15, -0.1) is 0 Å². The normalized spacial score (nSPS) is 17.1. The molecule has 6 aliphatic rings. The van der Waals surface area contributed by atoms with Gasteiger partial charge < -0.3 is 18.9 Å². The van der Waals surface area contributed by atoms with Gasteiger partial charge in [-0.05, 0) is 274 Å². The Kier molecular flexibility index (Phi) is 20.2. The van der Waals surface area contributed by atoms with Gasteiger partial charge in [-0.1, -0.05) is 340 Å². The summed E-state index contributed by atoms with van der Waals surface area (Å²) in [5.74, 6) is -0.313. The number of para-hydroxylation sites is 3. The van der Waals surface area contributed by atoms with Crippen molar-refractivity contribution in [1.82, 2.24) is 9.13 Å². The van der Waals surface area contributed by atoms with Crippen molar-refractivity contribution >= 4 is 106 Å². The van der Waals surface area contributed by atoms with Crippen molar-refractivity contribution in [3.8, 4) is 55.9 Å². The Balaban J connectivity index is 0.882. The van der Waals surface area contributed by atoms with E-state index in [2.05, 4.69) is 420 Å². The van der Waals surface area contributed by atoms with E-state index >= 15 is 8.78 Å². The maximum atomic E-state index is 16.1. The van der Waals surface area contributed by atoms with Crippen LogP contribution >= 0.6 is 0 Å². The molecule has 0 fully saturated rings. The number of hydrogen-bond donors (Lipinski definition) is 0. The topological polar surface area (TPSA) is 16.3 Å². The van der Waals surface area contributed by atoms with Gasteiger partial charge in [0.15, 0.2) is 0 Å². The van der Waals surface area contributed by atoms with E-state index in [1.807, 2.05) is 12.1 Å². The van der Waals surface area contributed by atoms with Crippen molar-refractivity contribution in [2.24, 2.45) is 22.7 Å². The molecule has 4 heterocycles. The van der Waals surface area contributed by atoms with Crippen LogP contribution in [0.3, 0.4) is 0 Å². The van der Waals surface area contributed by atoms with Gasteiger partial charge >= 0.3 is 0 Å². The van der Waals surface area contributed by atoms with Crippen LogP contribution in [0.2, 0.25) is 0 Å². The van der Waals surface area contributed by atoms with Crippen LogP contribution < -0.4 is 26.2 Å². The zero-order valence-electron chi connectivity index (χ0n) is 77.1. The predicted octanol–water partition coefficient (Wildman–Crippen LogP) is 31.5. The summed E-state index contributed by atoms with van der Waals surface area (Å²) < 4.78 is 36.9. The van der Waals surface area contributed by atoms with Gasteiger partial charge in [-0.25, -0.2) is 8.78 Å². The first-order chi connectivity index (χ1) is 61.9.